The molecule has 1 fully saturated rings. The summed E-state index contributed by atoms with van der Waals surface area (Å²) in [5.74, 6) is 1.49. The van der Waals surface area contributed by atoms with Gasteiger partial charge in [-0.1, -0.05) is 24.6 Å². The van der Waals surface area contributed by atoms with E-state index in [4.69, 9.17) is 0 Å². The zero-order valence-corrected chi connectivity index (χ0v) is 17.6. The SMILES string of the molecule is CC(=O)SCCCCCCNC(=O)c1n[nH]c2c1ccc1c2cnn1CC1CC1. The molecule has 1 aliphatic carbocycles. The lowest BCUT2D eigenvalue weighted by Crippen LogP contribution is -2.25. The maximum atomic E-state index is 12.6. The molecular weight excluding hydrogens is 386 g/mol. The largest absolute Gasteiger partial charge is 0.351 e. The number of unbranched alkanes of at least 4 members (excludes halogenated alkanes) is 3. The first kappa shape index (κ1) is 19.9. The van der Waals surface area contributed by atoms with Crippen LogP contribution in [0.5, 0.6) is 0 Å². The molecule has 0 aliphatic heterocycles. The predicted molar refractivity (Wildman–Crippen MR) is 116 cm³/mol. The topological polar surface area (TPSA) is 92.7 Å². The fraction of sp³-hybridized carbons (Fsp3) is 0.524. The molecule has 2 heterocycles. The third-order valence-corrected chi connectivity index (χ3v) is 6.27. The van der Waals surface area contributed by atoms with Crippen LogP contribution in [0.1, 0.15) is 55.9 Å². The fourth-order valence-electron chi connectivity index (χ4n) is 3.59. The Kier molecular flexibility index (Phi) is 6.18. The van der Waals surface area contributed by atoms with Gasteiger partial charge in [-0.3, -0.25) is 19.4 Å². The molecule has 0 atom stereocenters. The zero-order chi connectivity index (χ0) is 20.2. The highest BCUT2D eigenvalue weighted by Gasteiger charge is 2.23. The Morgan fingerprint density at radius 3 is 2.83 bits per heavy atom. The summed E-state index contributed by atoms with van der Waals surface area (Å²) in [5.41, 5.74) is 2.40. The molecule has 0 saturated heterocycles. The van der Waals surface area contributed by atoms with Crippen molar-refractivity contribution < 1.29 is 9.59 Å². The molecule has 0 bridgehead atoms. The maximum Gasteiger partial charge on any atom is 0.272 e. The Hall–Kier alpha value is -2.35. The third-order valence-electron chi connectivity index (χ3n) is 5.37. The number of nitrogens with zero attached hydrogens (tertiary/aromatic N) is 3. The summed E-state index contributed by atoms with van der Waals surface area (Å²) in [4.78, 5) is 23.4. The van der Waals surface area contributed by atoms with Crippen LogP contribution in [0, 0.1) is 5.92 Å². The molecule has 29 heavy (non-hydrogen) atoms. The van der Waals surface area contributed by atoms with Crippen molar-refractivity contribution in [1.82, 2.24) is 25.3 Å². The van der Waals surface area contributed by atoms with Crippen LogP contribution >= 0.6 is 11.8 Å². The molecule has 154 valence electrons. The van der Waals surface area contributed by atoms with Gasteiger partial charge in [0.25, 0.3) is 5.91 Å². The number of nitrogens with one attached hydrogen (secondary N) is 2. The summed E-state index contributed by atoms with van der Waals surface area (Å²) in [6, 6.07) is 4.01. The standard InChI is InChI=1S/C21H27N5O2S/c1-14(27)29-11-5-3-2-4-10-22-21(28)20-16-8-9-18-17(19(16)24-25-20)12-23-26(18)13-15-6-7-15/h8-9,12,15H,2-7,10-11,13H2,1H3,(H,22,28)(H,24,25). The van der Waals surface area contributed by atoms with Gasteiger partial charge in [-0.2, -0.15) is 10.2 Å². The van der Waals surface area contributed by atoms with Gasteiger partial charge in [-0.25, -0.2) is 0 Å². The third kappa shape index (κ3) is 4.80. The number of fused-ring (bicyclic) bond motifs is 3. The van der Waals surface area contributed by atoms with Crippen molar-refractivity contribution in [3.05, 3.63) is 24.0 Å². The van der Waals surface area contributed by atoms with Crippen LogP contribution in [-0.4, -0.2) is 43.3 Å². The average Bonchev–Trinajstić information content (AvgIpc) is 3.25. The smallest absolute Gasteiger partial charge is 0.272 e. The van der Waals surface area contributed by atoms with Crippen molar-refractivity contribution >= 4 is 44.6 Å². The van der Waals surface area contributed by atoms with Crippen LogP contribution in [0.4, 0.5) is 0 Å². The van der Waals surface area contributed by atoms with Gasteiger partial charge >= 0.3 is 0 Å². The van der Waals surface area contributed by atoms with E-state index in [1.807, 2.05) is 18.3 Å². The molecule has 7 nitrogen and oxygen atoms in total. The van der Waals surface area contributed by atoms with E-state index >= 15 is 0 Å². The fourth-order valence-corrected chi connectivity index (χ4v) is 4.23. The van der Waals surface area contributed by atoms with Crippen LogP contribution in [0.3, 0.4) is 0 Å². The van der Waals surface area contributed by atoms with Gasteiger partial charge in [0.15, 0.2) is 10.8 Å². The number of thioether (sulfide) groups is 1. The minimum Gasteiger partial charge on any atom is -0.351 e. The number of benzene rings is 1. The molecule has 2 N–H and O–H groups in total. The second-order valence-corrected chi connectivity index (χ2v) is 9.05. The second kappa shape index (κ2) is 8.98. The number of hydrogen-bond acceptors (Lipinski definition) is 5. The highest BCUT2D eigenvalue weighted by molar-refractivity contribution is 8.13. The quantitative estimate of drug-likeness (QED) is 0.492. The second-order valence-electron chi connectivity index (χ2n) is 7.77. The number of carbonyl (C=O) groups excluding carboxylic acids is 2. The summed E-state index contributed by atoms with van der Waals surface area (Å²) in [6.45, 7) is 3.20. The molecule has 1 aromatic carbocycles. The lowest BCUT2D eigenvalue weighted by Gasteiger charge is -2.04. The van der Waals surface area contributed by atoms with Crippen molar-refractivity contribution in [2.24, 2.45) is 5.92 Å². The number of aromatic amines is 1. The van der Waals surface area contributed by atoms with E-state index in [9.17, 15) is 9.59 Å². The monoisotopic (exact) mass is 413 g/mol. The highest BCUT2D eigenvalue weighted by atomic mass is 32.2. The van der Waals surface area contributed by atoms with E-state index in [2.05, 4.69) is 25.3 Å². The molecule has 2 aromatic heterocycles. The summed E-state index contributed by atoms with van der Waals surface area (Å²) < 4.78 is 2.06. The number of amides is 1. The molecule has 0 spiro atoms. The first-order chi connectivity index (χ1) is 14.1. The van der Waals surface area contributed by atoms with Crippen LogP contribution in [-0.2, 0) is 11.3 Å². The number of H-pyrrole nitrogens is 1. The molecule has 0 radical (unpaired) electrons. The summed E-state index contributed by atoms with van der Waals surface area (Å²) in [5, 5.41) is 16.8. The highest BCUT2D eigenvalue weighted by Crippen LogP contribution is 2.32. The molecule has 1 saturated carbocycles. The van der Waals surface area contributed by atoms with Crippen molar-refractivity contribution in [1.29, 1.82) is 0 Å². The molecular formula is C21H27N5O2S. The minimum atomic E-state index is -0.145. The predicted octanol–water partition coefficient (Wildman–Crippen LogP) is 3.89. The van der Waals surface area contributed by atoms with Gasteiger partial charge in [0, 0.05) is 36.5 Å². The minimum absolute atomic E-state index is 0.145. The lowest BCUT2D eigenvalue weighted by atomic mass is 10.1. The number of hydrogen-bond donors (Lipinski definition) is 2. The first-order valence-electron chi connectivity index (χ1n) is 10.4. The summed E-state index contributed by atoms with van der Waals surface area (Å²) in [6.07, 6.45) is 8.52. The van der Waals surface area contributed by atoms with Gasteiger partial charge in [-0.15, -0.1) is 0 Å². The Labute approximate surface area is 174 Å². The molecule has 1 amide bonds. The zero-order valence-electron chi connectivity index (χ0n) is 16.7. The number of aromatic nitrogens is 4. The number of rotatable bonds is 10. The van der Waals surface area contributed by atoms with Crippen molar-refractivity contribution in [3.8, 4) is 0 Å². The molecule has 3 aromatic rings. The maximum absolute atomic E-state index is 12.6. The first-order valence-corrected chi connectivity index (χ1v) is 11.4. The Balaban J connectivity index is 1.32. The van der Waals surface area contributed by atoms with E-state index in [-0.39, 0.29) is 11.0 Å². The Morgan fingerprint density at radius 2 is 2.03 bits per heavy atom. The summed E-state index contributed by atoms with van der Waals surface area (Å²) in [7, 11) is 0. The van der Waals surface area contributed by atoms with Crippen LogP contribution in [0.25, 0.3) is 21.8 Å². The van der Waals surface area contributed by atoms with Gasteiger partial charge in [0.05, 0.1) is 17.2 Å². The van der Waals surface area contributed by atoms with Gasteiger partial charge in [-0.05, 0) is 43.7 Å². The van der Waals surface area contributed by atoms with Crippen molar-refractivity contribution in [3.63, 3.8) is 0 Å². The molecule has 8 heteroatoms. The normalized spacial score (nSPS) is 14.0. The van der Waals surface area contributed by atoms with Crippen molar-refractivity contribution in [2.75, 3.05) is 12.3 Å². The average molecular weight is 414 g/mol. The van der Waals surface area contributed by atoms with Crippen LogP contribution in [0.15, 0.2) is 18.3 Å². The van der Waals surface area contributed by atoms with Crippen LogP contribution in [0.2, 0.25) is 0 Å². The van der Waals surface area contributed by atoms with Crippen LogP contribution < -0.4 is 5.32 Å². The molecule has 0 unspecified atom stereocenters. The summed E-state index contributed by atoms with van der Waals surface area (Å²) >= 11 is 1.38. The van der Waals surface area contributed by atoms with E-state index < -0.39 is 0 Å². The Morgan fingerprint density at radius 1 is 1.21 bits per heavy atom. The number of carbonyl (C=O) groups is 2. The van der Waals surface area contributed by atoms with E-state index in [0.717, 1.165) is 65.7 Å². The van der Waals surface area contributed by atoms with E-state index in [1.54, 1.807) is 6.92 Å². The van der Waals surface area contributed by atoms with Gasteiger partial charge < -0.3 is 5.32 Å². The Bertz CT molecular complexity index is 1020. The molecule has 1 aliphatic rings. The van der Waals surface area contributed by atoms with Gasteiger partial charge in [0.2, 0.25) is 0 Å². The van der Waals surface area contributed by atoms with E-state index in [0.29, 0.717) is 12.2 Å². The molecule has 4 rings (SSSR count). The van der Waals surface area contributed by atoms with E-state index in [1.165, 1.54) is 24.6 Å². The van der Waals surface area contributed by atoms with Crippen molar-refractivity contribution in [2.45, 2.75) is 52.0 Å². The lowest BCUT2D eigenvalue weighted by molar-refractivity contribution is -0.109. The van der Waals surface area contributed by atoms with Gasteiger partial charge in [0.1, 0.15) is 0 Å².